The number of hydrogen-bond donors (Lipinski definition) is 2. The Kier molecular flexibility index (Phi) is 4.42. The van der Waals surface area contributed by atoms with E-state index in [2.05, 4.69) is 21.2 Å². The minimum atomic E-state index is -0.0749. The summed E-state index contributed by atoms with van der Waals surface area (Å²) in [6.07, 6.45) is 0.478. The number of phenols is 1. The molecule has 6 heteroatoms. The van der Waals surface area contributed by atoms with E-state index in [-0.39, 0.29) is 24.0 Å². The van der Waals surface area contributed by atoms with Gasteiger partial charge in [0, 0.05) is 36.1 Å². The molecule has 1 aromatic rings. The molecule has 0 unspecified atom stereocenters. The number of halogens is 1. The summed E-state index contributed by atoms with van der Waals surface area (Å²) < 4.78 is 0.769. The summed E-state index contributed by atoms with van der Waals surface area (Å²) in [5.74, 6) is 0.00246. The van der Waals surface area contributed by atoms with Crippen LogP contribution in [0.1, 0.15) is 12.0 Å². The first-order valence-electron chi connectivity index (χ1n) is 6.08. The summed E-state index contributed by atoms with van der Waals surface area (Å²) in [5, 5.41) is 12.5. The van der Waals surface area contributed by atoms with Gasteiger partial charge in [0.25, 0.3) is 0 Å². The second kappa shape index (κ2) is 6.06. The standard InChI is InChI=1S/C13H15BrN2O3/c14-10-2-1-9(11(17)8-10)7-13(19)16-5-3-12(18)15-4-6-16/h1-2,8,17H,3-7H2,(H,15,18). The third-order valence-corrected chi connectivity index (χ3v) is 3.55. The van der Waals surface area contributed by atoms with E-state index in [0.717, 1.165) is 4.47 Å². The van der Waals surface area contributed by atoms with Crippen LogP contribution in [-0.2, 0) is 16.0 Å². The number of carbonyl (C=O) groups excluding carboxylic acids is 2. The highest BCUT2D eigenvalue weighted by Gasteiger charge is 2.19. The second-order valence-corrected chi connectivity index (χ2v) is 5.35. The normalized spacial score (nSPS) is 15.8. The smallest absolute Gasteiger partial charge is 0.227 e. The molecule has 1 aliphatic rings. The average molecular weight is 327 g/mol. The summed E-state index contributed by atoms with van der Waals surface area (Å²) in [4.78, 5) is 25.0. The quantitative estimate of drug-likeness (QED) is 0.853. The number of nitrogens with one attached hydrogen (secondary N) is 1. The first-order chi connectivity index (χ1) is 9.06. The SMILES string of the molecule is O=C1CCN(C(=O)Cc2ccc(Br)cc2O)CCN1. The number of aromatic hydroxyl groups is 1. The van der Waals surface area contributed by atoms with Crippen molar-refractivity contribution in [3.63, 3.8) is 0 Å². The largest absolute Gasteiger partial charge is 0.508 e. The zero-order valence-corrected chi connectivity index (χ0v) is 11.9. The molecule has 0 bridgehead atoms. The van der Waals surface area contributed by atoms with Gasteiger partial charge in [-0.1, -0.05) is 22.0 Å². The average Bonchev–Trinajstić information content (AvgIpc) is 2.57. The van der Waals surface area contributed by atoms with Gasteiger partial charge in [-0.05, 0) is 12.1 Å². The molecule has 1 heterocycles. The molecule has 1 aliphatic heterocycles. The van der Waals surface area contributed by atoms with Gasteiger partial charge in [-0.15, -0.1) is 0 Å². The molecule has 0 aromatic heterocycles. The van der Waals surface area contributed by atoms with Crippen molar-refractivity contribution in [3.8, 4) is 5.75 Å². The molecule has 0 saturated carbocycles. The van der Waals surface area contributed by atoms with Gasteiger partial charge in [0.05, 0.1) is 6.42 Å². The Hall–Kier alpha value is -1.56. The van der Waals surface area contributed by atoms with E-state index in [4.69, 9.17) is 0 Å². The van der Waals surface area contributed by atoms with Crippen molar-refractivity contribution >= 4 is 27.7 Å². The fourth-order valence-corrected chi connectivity index (χ4v) is 2.33. The van der Waals surface area contributed by atoms with Gasteiger partial charge in [0.1, 0.15) is 5.75 Å². The topological polar surface area (TPSA) is 69.6 Å². The second-order valence-electron chi connectivity index (χ2n) is 4.43. The predicted octanol–water partition coefficient (Wildman–Crippen LogP) is 1.05. The first-order valence-corrected chi connectivity index (χ1v) is 6.87. The van der Waals surface area contributed by atoms with E-state index in [1.54, 1.807) is 23.1 Å². The Morgan fingerprint density at radius 2 is 2.21 bits per heavy atom. The number of rotatable bonds is 2. The van der Waals surface area contributed by atoms with Crippen molar-refractivity contribution in [2.45, 2.75) is 12.8 Å². The molecule has 102 valence electrons. The lowest BCUT2D eigenvalue weighted by Gasteiger charge is -2.19. The number of phenolic OH excluding ortho intramolecular Hbond substituents is 1. The Morgan fingerprint density at radius 3 is 2.95 bits per heavy atom. The van der Waals surface area contributed by atoms with E-state index in [9.17, 15) is 14.7 Å². The summed E-state index contributed by atoms with van der Waals surface area (Å²) in [6.45, 7) is 1.43. The maximum absolute atomic E-state index is 12.1. The van der Waals surface area contributed by atoms with Gasteiger partial charge >= 0.3 is 0 Å². The van der Waals surface area contributed by atoms with Gasteiger partial charge < -0.3 is 15.3 Å². The van der Waals surface area contributed by atoms with E-state index in [1.165, 1.54) is 0 Å². The van der Waals surface area contributed by atoms with E-state index in [0.29, 0.717) is 31.6 Å². The number of hydrogen-bond acceptors (Lipinski definition) is 3. The van der Waals surface area contributed by atoms with Crippen LogP contribution in [-0.4, -0.2) is 41.5 Å². The van der Waals surface area contributed by atoms with Gasteiger partial charge in [0.15, 0.2) is 0 Å². The summed E-state index contributed by atoms with van der Waals surface area (Å²) >= 11 is 3.25. The lowest BCUT2D eigenvalue weighted by Crippen LogP contribution is -2.35. The molecule has 0 aliphatic carbocycles. The van der Waals surface area contributed by atoms with Crippen LogP contribution in [0.5, 0.6) is 5.75 Å². The van der Waals surface area contributed by atoms with Gasteiger partial charge in [0.2, 0.25) is 11.8 Å². The summed E-state index contributed by atoms with van der Waals surface area (Å²) in [6, 6.07) is 5.07. The Morgan fingerprint density at radius 1 is 1.42 bits per heavy atom. The van der Waals surface area contributed by atoms with Crippen LogP contribution in [0.4, 0.5) is 0 Å². The van der Waals surface area contributed by atoms with Crippen molar-refractivity contribution in [2.24, 2.45) is 0 Å². The minimum Gasteiger partial charge on any atom is -0.508 e. The molecule has 0 atom stereocenters. The summed E-state index contributed by atoms with van der Waals surface area (Å²) in [7, 11) is 0. The van der Waals surface area contributed by atoms with Crippen LogP contribution >= 0.6 is 15.9 Å². The van der Waals surface area contributed by atoms with Crippen LogP contribution in [0.25, 0.3) is 0 Å². The van der Waals surface area contributed by atoms with Crippen molar-refractivity contribution < 1.29 is 14.7 Å². The molecule has 2 N–H and O–H groups in total. The highest BCUT2D eigenvalue weighted by Crippen LogP contribution is 2.23. The van der Waals surface area contributed by atoms with Crippen LogP contribution in [0, 0.1) is 0 Å². The number of nitrogens with zero attached hydrogens (tertiary/aromatic N) is 1. The maximum Gasteiger partial charge on any atom is 0.227 e. The van der Waals surface area contributed by atoms with Crippen molar-refractivity contribution in [1.82, 2.24) is 10.2 Å². The lowest BCUT2D eigenvalue weighted by molar-refractivity contribution is -0.130. The number of benzene rings is 1. The highest BCUT2D eigenvalue weighted by atomic mass is 79.9. The first kappa shape index (κ1) is 13.9. The molecule has 0 spiro atoms. The molecule has 0 radical (unpaired) electrons. The van der Waals surface area contributed by atoms with Gasteiger partial charge in [-0.3, -0.25) is 9.59 Å². The van der Waals surface area contributed by atoms with E-state index >= 15 is 0 Å². The molecule has 2 amide bonds. The number of carbonyl (C=O) groups is 2. The van der Waals surface area contributed by atoms with Crippen LogP contribution in [0.2, 0.25) is 0 Å². The lowest BCUT2D eigenvalue weighted by atomic mass is 10.1. The van der Waals surface area contributed by atoms with Crippen LogP contribution in [0.3, 0.4) is 0 Å². The Bertz CT molecular complexity index is 505. The predicted molar refractivity (Wildman–Crippen MR) is 73.7 cm³/mol. The maximum atomic E-state index is 12.1. The Labute approximate surface area is 119 Å². The van der Waals surface area contributed by atoms with Crippen LogP contribution in [0.15, 0.2) is 22.7 Å². The zero-order valence-electron chi connectivity index (χ0n) is 10.4. The molecule has 5 nitrogen and oxygen atoms in total. The minimum absolute atomic E-state index is 0.0261. The van der Waals surface area contributed by atoms with E-state index < -0.39 is 0 Å². The fourth-order valence-electron chi connectivity index (χ4n) is 1.98. The zero-order chi connectivity index (χ0) is 13.8. The Balaban J connectivity index is 2.02. The molecule has 1 aromatic carbocycles. The van der Waals surface area contributed by atoms with Crippen LogP contribution < -0.4 is 5.32 Å². The molecular formula is C13H15BrN2O3. The fraction of sp³-hybridized carbons (Fsp3) is 0.385. The van der Waals surface area contributed by atoms with Crippen molar-refractivity contribution in [3.05, 3.63) is 28.2 Å². The molecular weight excluding hydrogens is 312 g/mol. The monoisotopic (exact) mass is 326 g/mol. The molecule has 1 saturated heterocycles. The molecule has 2 rings (SSSR count). The number of amides is 2. The molecule has 19 heavy (non-hydrogen) atoms. The molecule has 1 fully saturated rings. The highest BCUT2D eigenvalue weighted by molar-refractivity contribution is 9.10. The van der Waals surface area contributed by atoms with Crippen molar-refractivity contribution in [1.29, 1.82) is 0 Å². The summed E-state index contributed by atoms with van der Waals surface area (Å²) in [5.41, 5.74) is 0.594. The van der Waals surface area contributed by atoms with E-state index in [1.807, 2.05) is 0 Å². The van der Waals surface area contributed by atoms with Crippen molar-refractivity contribution in [2.75, 3.05) is 19.6 Å². The van der Waals surface area contributed by atoms with Gasteiger partial charge in [-0.25, -0.2) is 0 Å². The van der Waals surface area contributed by atoms with Gasteiger partial charge in [-0.2, -0.15) is 0 Å². The third-order valence-electron chi connectivity index (χ3n) is 3.05. The third kappa shape index (κ3) is 3.70.